The van der Waals surface area contributed by atoms with Gasteiger partial charge in [-0.3, -0.25) is 0 Å². The molecule has 0 bridgehead atoms. The van der Waals surface area contributed by atoms with Gasteiger partial charge in [-0.05, 0) is 63.0 Å². The fourth-order valence-corrected chi connectivity index (χ4v) is 2.64. The van der Waals surface area contributed by atoms with Gasteiger partial charge in [0.25, 0.3) is 0 Å². The Balaban J connectivity index is 1.86. The van der Waals surface area contributed by atoms with Gasteiger partial charge >= 0.3 is 0 Å². The average molecular weight is 297 g/mol. The van der Waals surface area contributed by atoms with Gasteiger partial charge in [-0.25, -0.2) is 0 Å². The highest BCUT2D eigenvalue weighted by Gasteiger charge is 2.10. The first-order valence-corrected chi connectivity index (χ1v) is 7.19. The van der Waals surface area contributed by atoms with Gasteiger partial charge in [0.15, 0.2) is 0 Å². The van der Waals surface area contributed by atoms with E-state index in [0.29, 0.717) is 0 Å². The van der Waals surface area contributed by atoms with Crippen molar-refractivity contribution in [2.75, 3.05) is 31.5 Å². The number of nitrogens with zero attached hydrogens (tertiary/aromatic N) is 1. The van der Waals surface area contributed by atoms with Crippen LogP contribution in [0.5, 0.6) is 0 Å². The van der Waals surface area contributed by atoms with E-state index in [1.165, 1.54) is 47.2 Å². The number of hydrogen-bond acceptors (Lipinski definition) is 2. The first-order chi connectivity index (χ1) is 8.16. The normalized spacial score (nSPS) is 16.4. The lowest BCUT2D eigenvalue weighted by atomic mass is 10.1. The van der Waals surface area contributed by atoms with Crippen LogP contribution in [-0.4, -0.2) is 31.1 Å². The van der Waals surface area contributed by atoms with Crippen LogP contribution < -0.4 is 5.32 Å². The number of halogens is 1. The summed E-state index contributed by atoms with van der Waals surface area (Å²) in [6.45, 7) is 9.04. The summed E-state index contributed by atoms with van der Waals surface area (Å²) in [5.74, 6) is 0. The number of rotatable bonds is 4. The highest BCUT2D eigenvalue weighted by molar-refractivity contribution is 9.10. The molecule has 1 fully saturated rings. The Bertz CT molecular complexity index is 361. The molecule has 1 aliphatic heterocycles. The summed E-state index contributed by atoms with van der Waals surface area (Å²) < 4.78 is 1.22. The molecule has 0 atom stereocenters. The summed E-state index contributed by atoms with van der Waals surface area (Å²) >= 11 is 3.60. The van der Waals surface area contributed by atoms with Crippen LogP contribution >= 0.6 is 15.9 Å². The minimum Gasteiger partial charge on any atom is -0.384 e. The molecule has 2 rings (SSSR count). The molecular formula is C14H21BrN2. The molecule has 3 heteroatoms. The van der Waals surface area contributed by atoms with Crippen LogP contribution in [0.4, 0.5) is 5.69 Å². The number of benzene rings is 1. The van der Waals surface area contributed by atoms with Crippen molar-refractivity contribution in [3.63, 3.8) is 0 Å². The minimum absolute atomic E-state index is 1.04. The van der Waals surface area contributed by atoms with E-state index < -0.39 is 0 Å². The Morgan fingerprint density at radius 2 is 1.76 bits per heavy atom. The van der Waals surface area contributed by atoms with Crippen LogP contribution in [0.25, 0.3) is 0 Å². The Labute approximate surface area is 113 Å². The Kier molecular flexibility index (Phi) is 4.46. The van der Waals surface area contributed by atoms with E-state index in [2.05, 4.69) is 52.1 Å². The van der Waals surface area contributed by atoms with Crippen molar-refractivity contribution in [2.24, 2.45) is 0 Å². The van der Waals surface area contributed by atoms with E-state index in [4.69, 9.17) is 0 Å². The first kappa shape index (κ1) is 12.9. The molecule has 0 unspecified atom stereocenters. The monoisotopic (exact) mass is 296 g/mol. The maximum atomic E-state index is 3.60. The molecule has 17 heavy (non-hydrogen) atoms. The molecule has 1 aromatic rings. The molecule has 0 saturated carbocycles. The zero-order valence-electron chi connectivity index (χ0n) is 10.7. The summed E-state index contributed by atoms with van der Waals surface area (Å²) in [4.78, 5) is 2.53. The van der Waals surface area contributed by atoms with Crippen LogP contribution in [0.15, 0.2) is 16.6 Å². The van der Waals surface area contributed by atoms with Crippen molar-refractivity contribution in [1.82, 2.24) is 4.90 Å². The molecule has 2 nitrogen and oxygen atoms in total. The van der Waals surface area contributed by atoms with Gasteiger partial charge in [-0.15, -0.1) is 0 Å². The topological polar surface area (TPSA) is 15.3 Å². The van der Waals surface area contributed by atoms with Gasteiger partial charge in [0.2, 0.25) is 0 Å². The molecular weight excluding hydrogens is 276 g/mol. The van der Waals surface area contributed by atoms with Gasteiger partial charge in [0.05, 0.1) is 0 Å². The fraction of sp³-hybridized carbons (Fsp3) is 0.571. The molecule has 1 aliphatic rings. The Hall–Kier alpha value is -0.540. The maximum Gasteiger partial charge on any atom is 0.0346 e. The number of likely N-dealkylation sites (tertiary alicyclic amines) is 1. The van der Waals surface area contributed by atoms with Gasteiger partial charge in [-0.2, -0.15) is 0 Å². The van der Waals surface area contributed by atoms with Crippen molar-refractivity contribution in [2.45, 2.75) is 26.7 Å². The highest BCUT2D eigenvalue weighted by Crippen LogP contribution is 2.24. The third kappa shape index (κ3) is 3.46. The quantitative estimate of drug-likeness (QED) is 0.914. The number of anilines is 1. The van der Waals surface area contributed by atoms with E-state index in [9.17, 15) is 0 Å². The summed E-state index contributed by atoms with van der Waals surface area (Å²) in [6.07, 6.45) is 2.74. The van der Waals surface area contributed by atoms with Crippen molar-refractivity contribution < 1.29 is 0 Å². The van der Waals surface area contributed by atoms with E-state index in [0.717, 1.165) is 13.1 Å². The van der Waals surface area contributed by atoms with E-state index in [1.807, 2.05) is 0 Å². The van der Waals surface area contributed by atoms with Crippen molar-refractivity contribution in [3.05, 3.63) is 27.7 Å². The SMILES string of the molecule is Cc1cc(NCCN2CCCC2)cc(C)c1Br. The molecule has 0 aliphatic carbocycles. The minimum atomic E-state index is 1.04. The number of nitrogens with one attached hydrogen (secondary N) is 1. The fourth-order valence-electron chi connectivity index (χ4n) is 2.41. The zero-order valence-corrected chi connectivity index (χ0v) is 12.3. The molecule has 1 aromatic carbocycles. The molecule has 0 spiro atoms. The van der Waals surface area contributed by atoms with Gasteiger partial charge in [-0.1, -0.05) is 15.9 Å². The predicted molar refractivity (Wildman–Crippen MR) is 77.8 cm³/mol. The Morgan fingerprint density at radius 1 is 1.18 bits per heavy atom. The molecule has 1 N–H and O–H groups in total. The van der Waals surface area contributed by atoms with Crippen LogP contribution in [0.1, 0.15) is 24.0 Å². The van der Waals surface area contributed by atoms with E-state index >= 15 is 0 Å². The van der Waals surface area contributed by atoms with Crippen molar-refractivity contribution in [1.29, 1.82) is 0 Å². The van der Waals surface area contributed by atoms with Crippen LogP contribution in [0, 0.1) is 13.8 Å². The van der Waals surface area contributed by atoms with Crippen LogP contribution in [0.3, 0.4) is 0 Å². The van der Waals surface area contributed by atoms with Gasteiger partial charge in [0.1, 0.15) is 0 Å². The predicted octanol–water partition coefficient (Wildman–Crippen LogP) is 3.57. The molecule has 0 amide bonds. The third-order valence-electron chi connectivity index (χ3n) is 3.39. The smallest absolute Gasteiger partial charge is 0.0346 e. The molecule has 1 saturated heterocycles. The maximum absolute atomic E-state index is 3.60. The van der Waals surface area contributed by atoms with Crippen molar-refractivity contribution in [3.8, 4) is 0 Å². The number of hydrogen-bond donors (Lipinski definition) is 1. The van der Waals surface area contributed by atoms with Crippen LogP contribution in [-0.2, 0) is 0 Å². The largest absolute Gasteiger partial charge is 0.384 e. The Morgan fingerprint density at radius 3 is 2.35 bits per heavy atom. The molecule has 94 valence electrons. The summed E-state index contributed by atoms with van der Waals surface area (Å²) in [5.41, 5.74) is 3.84. The summed E-state index contributed by atoms with van der Waals surface area (Å²) in [6, 6.07) is 4.42. The second-order valence-electron chi connectivity index (χ2n) is 4.90. The van der Waals surface area contributed by atoms with Gasteiger partial charge in [0, 0.05) is 23.2 Å². The molecule has 1 heterocycles. The summed E-state index contributed by atoms with van der Waals surface area (Å²) in [5, 5.41) is 3.52. The van der Waals surface area contributed by atoms with E-state index in [1.54, 1.807) is 0 Å². The lowest BCUT2D eigenvalue weighted by Crippen LogP contribution is -2.25. The second-order valence-corrected chi connectivity index (χ2v) is 5.69. The lowest BCUT2D eigenvalue weighted by Gasteiger charge is -2.16. The molecule has 0 radical (unpaired) electrons. The standard InChI is InChI=1S/C14H21BrN2/c1-11-9-13(10-12(2)14(11)15)16-5-8-17-6-3-4-7-17/h9-10,16H,3-8H2,1-2H3. The zero-order chi connectivity index (χ0) is 12.3. The third-order valence-corrected chi connectivity index (χ3v) is 4.64. The summed E-state index contributed by atoms with van der Waals surface area (Å²) in [7, 11) is 0. The van der Waals surface area contributed by atoms with Gasteiger partial charge < -0.3 is 10.2 Å². The van der Waals surface area contributed by atoms with E-state index in [-0.39, 0.29) is 0 Å². The highest BCUT2D eigenvalue weighted by atomic mass is 79.9. The first-order valence-electron chi connectivity index (χ1n) is 6.40. The molecule has 0 aromatic heterocycles. The van der Waals surface area contributed by atoms with Crippen molar-refractivity contribution >= 4 is 21.6 Å². The second kappa shape index (κ2) is 5.87. The lowest BCUT2D eigenvalue weighted by molar-refractivity contribution is 0.352. The number of aryl methyl sites for hydroxylation is 2. The van der Waals surface area contributed by atoms with Crippen LogP contribution in [0.2, 0.25) is 0 Å². The average Bonchev–Trinajstić information content (AvgIpc) is 2.79.